The number of nitrogens with zero attached hydrogens (tertiary/aromatic N) is 1. The third-order valence-corrected chi connectivity index (χ3v) is 5.17. The van der Waals surface area contributed by atoms with E-state index in [1.165, 1.54) is 0 Å². The fourth-order valence-corrected chi connectivity index (χ4v) is 3.61. The van der Waals surface area contributed by atoms with Crippen molar-refractivity contribution in [1.29, 1.82) is 0 Å². The van der Waals surface area contributed by atoms with Gasteiger partial charge in [0.05, 0.1) is 16.8 Å². The molecule has 0 saturated heterocycles. The molecular weight excluding hydrogens is 386 g/mol. The number of aromatic nitrogens is 1. The molecule has 0 aliphatic carbocycles. The Bertz CT molecular complexity index is 1250. The lowest BCUT2D eigenvalue weighted by atomic mass is 9.99. The van der Waals surface area contributed by atoms with Crippen LogP contribution in [0.25, 0.3) is 10.9 Å². The van der Waals surface area contributed by atoms with Gasteiger partial charge in [0.15, 0.2) is 5.78 Å². The SMILES string of the molecule is O=C1c2ccccc2COc2ccc(OCc3ccc4ccc(Cl)cc4n3)cc21. The van der Waals surface area contributed by atoms with E-state index in [1.807, 2.05) is 54.6 Å². The predicted octanol–water partition coefficient (Wildman–Crippen LogP) is 5.59. The number of hydrogen-bond acceptors (Lipinski definition) is 4. The summed E-state index contributed by atoms with van der Waals surface area (Å²) in [5.41, 5.74) is 3.65. The molecule has 0 radical (unpaired) electrons. The standard InChI is InChI=1S/C24H16ClNO3/c25-17-7-5-15-6-8-18(26-22(15)11-17)14-28-19-9-10-23-21(12-19)24(27)20-4-2-1-3-16(20)13-29-23/h1-12H,13-14H2. The second kappa shape index (κ2) is 7.22. The first-order valence-corrected chi connectivity index (χ1v) is 9.63. The highest BCUT2D eigenvalue weighted by atomic mass is 35.5. The largest absolute Gasteiger partial charge is 0.488 e. The van der Waals surface area contributed by atoms with Crippen LogP contribution in [0.2, 0.25) is 5.02 Å². The minimum atomic E-state index is -0.0583. The maximum atomic E-state index is 13.0. The van der Waals surface area contributed by atoms with Crippen LogP contribution in [0.1, 0.15) is 27.2 Å². The van der Waals surface area contributed by atoms with Crippen LogP contribution in [0, 0.1) is 0 Å². The first-order valence-electron chi connectivity index (χ1n) is 9.25. The molecule has 5 heteroatoms. The molecule has 0 N–H and O–H groups in total. The third-order valence-electron chi connectivity index (χ3n) is 4.94. The third kappa shape index (κ3) is 3.43. The summed E-state index contributed by atoms with van der Waals surface area (Å²) in [6, 6.07) is 22.3. The number of ketones is 1. The van der Waals surface area contributed by atoms with Crippen LogP contribution in [-0.4, -0.2) is 10.8 Å². The molecule has 29 heavy (non-hydrogen) atoms. The Balaban J connectivity index is 1.40. The number of ether oxygens (including phenoxy) is 2. The molecule has 1 aliphatic heterocycles. The van der Waals surface area contributed by atoms with Gasteiger partial charge in [-0.3, -0.25) is 4.79 Å². The van der Waals surface area contributed by atoms with Gasteiger partial charge in [0.25, 0.3) is 0 Å². The van der Waals surface area contributed by atoms with Gasteiger partial charge in [-0.05, 0) is 36.4 Å². The highest BCUT2D eigenvalue weighted by molar-refractivity contribution is 6.31. The van der Waals surface area contributed by atoms with Crippen LogP contribution in [0.15, 0.2) is 72.8 Å². The summed E-state index contributed by atoms with van der Waals surface area (Å²) in [5.74, 6) is 1.10. The Morgan fingerprint density at radius 3 is 2.76 bits per heavy atom. The number of rotatable bonds is 3. The zero-order valence-electron chi connectivity index (χ0n) is 15.4. The molecule has 0 spiro atoms. The van der Waals surface area contributed by atoms with Crippen molar-refractivity contribution in [3.63, 3.8) is 0 Å². The van der Waals surface area contributed by atoms with Crippen molar-refractivity contribution in [2.45, 2.75) is 13.2 Å². The summed E-state index contributed by atoms with van der Waals surface area (Å²) in [5, 5.41) is 1.66. The Kier molecular flexibility index (Phi) is 4.41. The van der Waals surface area contributed by atoms with Gasteiger partial charge in [0.1, 0.15) is 24.7 Å². The van der Waals surface area contributed by atoms with Crippen molar-refractivity contribution >= 4 is 28.3 Å². The van der Waals surface area contributed by atoms with E-state index in [4.69, 9.17) is 21.1 Å². The molecule has 0 atom stereocenters. The zero-order chi connectivity index (χ0) is 19.8. The zero-order valence-corrected chi connectivity index (χ0v) is 16.1. The lowest BCUT2D eigenvalue weighted by Crippen LogP contribution is -2.04. The Labute approximate surface area is 172 Å². The van der Waals surface area contributed by atoms with Crippen molar-refractivity contribution < 1.29 is 14.3 Å². The second-order valence-corrected chi connectivity index (χ2v) is 7.30. The van der Waals surface area contributed by atoms with Crippen LogP contribution < -0.4 is 9.47 Å². The number of hydrogen-bond donors (Lipinski definition) is 0. The minimum Gasteiger partial charge on any atom is -0.488 e. The summed E-state index contributed by atoms with van der Waals surface area (Å²) < 4.78 is 11.7. The summed E-state index contributed by atoms with van der Waals surface area (Å²) >= 11 is 6.06. The molecule has 4 nitrogen and oxygen atoms in total. The fraction of sp³-hybridized carbons (Fsp3) is 0.0833. The van der Waals surface area contributed by atoms with E-state index in [2.05, 4.69) is 4.98 Å². The molecule has 0 bridgehead atoms. The molecular formula is C24H16ClNO3. The molecule has 1 aliphatic rings. The molecule has 0 unspecified atom stereocenters. The number of pyridine rings is 1. The average molecular weight is 402 g/mol. The molecule has 2 heterocycles. The normalized spacial score (nSPS) is 12.7. The van der Waals surface area contributed by atoms with E-state index >= 15 is 0 Å². The molecule has 4 aromatic rings. The molecule has 5 rings (SSSR count). The maximum Gasteiger partial charge on any atom is 0.197 e. The molecule has 1 aromatic heterocycles. The number of fused-ring (bicyclic) bond motifs is 3. The van der Waals surface area contributed by atoms with Crippen molar-refractivity contribution in [3.05, 3.63) is 100 Å². The monoisotopic (exact) mass is 401 g/mol. The smallest absolute Gasteiger partial charge is 0.197 e. The van der Waals surface area contributed by atoms with E-state index in [0.29, 0.717) is 34.3 Å². The van der Waals surface area contributed by atoms with Gasteiger partial charge in [0.2, 0.25) is 0 Å². The minimum absolute atomic E-state index is 0.0583. The maximum absolute atomic E-state index is 13.0. The van der Waals surface area contributed by atoms with Crippen molar-refractivity contribution in [2.75, 3.05) is 0 Å². The lowest BCUT2D eigenvalue weighted by Gasteiger charge is -2.10. The van der Waals surface area contributed by atoms with Crippen LogP contribution >= 0.6 is 11.6 Å². The molecule has 0 amide bonds. The van der Waals surface area contributed by atoms with Crippen LogP contribution in [0.3, 0.4) is 0 Å². The quantitative estimate of drug-likeness (QED) is 0.449. The number of halogens is 1. The lowest BCUT2D eigenvalue weighted by molar-refractivity contribution is 0.103. The number of benzene rings is 3. The molecule has 0 fully saturated rings. The Hall–Kier alpha value is -3.37. The van der Waals surface area contributed by atoms with Crippen LogP contribution in [-0.2, 0) is 13.2 Å². The molecule has 3 aromatic carbocycles. The average Bonchev–Trinajstić information content (AvgIpc) is 2.89. The highest BCUT2D eigenvalue weighted by Crippen LogP contribution is 2.31. The van der Waals surface area contributed by atoms with Crippen molar-refractivity contribution in [2.24, 2.45) is 0 Å². The predicted molar refractivity (Wildman–Crippen MR) is 112 cm³/mol. The Morgan fingerprint density at radius 2 is 1.83 bits per heavy atom. The fourth-order valence-electron chi connectivity index (χ4n) is 3.44. The van der Waals surface area contributed by atoms with Gasteiger partial charge in [-0.25, -0.2) is 4.98 Å². The number of carbonyl (C=O) groups excluding carboxylic acids is 1. The van der Waals surface area contributed by atoms with E-state index in [0.717, 1.165) is 22.2 Å². The van der Waals surface area contributed by atoms with Crippen LogP contribution in [0.4, 0.5) is 0 Å². The highest BCUT2D eigenvalue weighted by Gasteiger charge is 2.22. The first-order chi connectivity index (χ1) is 14.2. The van der Waals surface area contributed by atoms with Gasteiger partial charge in [-0.2, -0.15) is 0 Å². The molecule has 0 saturated carbocycles. The van der Waals surface area contributed by atoms with Crippen molar-refractivity contribution in [3.8, 4) is 11.5 Å². The summed E-state index contributed by atoms with van der Waals surface area (Å²) in [7, 11) is 0. The van der Waals surface area contributed by atoms with Gasteiger partial charge in [0, 0.05) is 21.5 Å². The summed E-state index contributed by atoms with van der Waals surface area (Å²) in [4.78, 5) is 17.6. The van der Waals surface area contributed by atoms with Gasteiger partial charge < -0.3 is 9.47 Å². The summed E-state index contributed by atoms with van der Waals surface area (Å²) in [6.07, 6.45) is 0. The first kappa shape index (κ1) is 17.7. The topological polar surface area (TPSA) is 48.4 Å². The Morgan fingerprint density at radius 1 is 0.966 bits per heavy atom. The van der Waals surface area contributed by atoms with E-state index in [-0.39, 0.29) is 12.4 Å². The van der Waals surface area contributed by atoms with Gasteiger partial charge in [-0.1, -0.05) is 48.0 Å². The van der Waals surface area contributed by atoms with E-state index in [9.17, 15) is 4.79 Å². The van der Waals surface area contributed by atoms with Crippen LogP contribution in [0.5, 0.6) is 11.5 Å². The molecule has 142 valence electrons. The van der Waals surface area contributed by atoms with E-state index < -0.39 is 0 Å². The van der Waals surface area contributed by atoms with Gasteiger partial charge in [-0.15, -0.1) is 0 Å². The number of carbonyl (C=O) groups is 1. The van der Waals surface area contributed by atoms with Gasteiger partial charge >= 0.3 is 0 Å². The van der Waals surface area contributed by atoms with E-state index in [1.54, 1.807) is 18.2 Å². The van der Waals surface area contributed by atoms with Crippen molar-refractivity contribution in [1.82, 2.24) is 4.98 Å². The second-order valence-electron chi connectivity index (χ2n) is 6.86. The summed E-state index contributed by atoms with van der Waals surface area (Å²) in [6.45, 7) is 0.658.